The van der Waals surface area contributed by atoms with Gasteiger partial charge in [0, 0.05) is 24.4 Å². The molecule has 1 aliphatic carbocycles. The lowest BCUT2D eigenvalue weighted by Gasteiger charge is -2.18. The van der Waals surface area contributed by atoms with E-state index in [0.717, 1.165) is 23.1 Å². The molecule has 1 aromatic carbocycles. The lowest BCUT2D eigenvalue weighted by Crippen LogP contribution is -2.34. The van der Waals surface area contributed by atoms with Crippen molar-refractivity contribution in [1.29, 1.82) is 0 Å². The van der Waals surface area contributed by atoms with Gasteiger partial charge in [0.25, 0.3) is 5.91 Å². The first kappa shape index (κ1) is 13.8. The van der Waals surface area contributed by atoms with Gasteiger partial charge >= 0.3 is 0 Å². The average Bonchev–Trinajstić information content (AvgIpc) is 2.83. The predicted octanol–water partition coefficient (Wildman–Crippen LogP) is 2.03. The molecule has 1 aromatic heterocycles. The molecular weight excluding hydrogens is 264 g/mol. The van der Waals surface area contributed by atoms with Gasteiger partial charge in [-0.25, -0.2) is 0 Å². The minimum absolute atomic E-state index is 0.157. The number of fused-ring (bicyclic) bond motifs is 1. The third-order valence-corrected chi connectivity index (χ3v) is 4.02. The number of pyridine rings is 1. The van der Waals surface area contributed by atoms with Crippen molar-refractivity contribution in [2.24, 2.45) is 0 Å². The van der Waals surface area contributed by atoms with Crippen LogP contribution in [-0.2, 0) is 12.8 Å². The summed E-state index contributed by atoms with van der Waals surface area (Å²) >= 11 is 0. The van der Waals surface area contributed by atoms with Gasteiger partial charge in [-0.15, -0.1) is 0 Å². The van der Waals surface area contributed by atoms with Gasteiger partial charge in [0.05, 0.1) is 12.1 Å². The van der Waals surface area contributed by atoms with E-state index in [0.29, 0.717) is 12.0 Å². The van der Waals surface area contributed by atoms with Gasteiger partial charge in [-0.2, -0.15) is 0 Å². The van der Waals surface area contributed by atoms with Crippen molar-refractivity contribution >= 4 is 5.91 Å². The van der Waals surface area contributed by atoms with Crippen LogP contribution in [0.5, 0.6) is 0 Å². The summed E-state index contributed by atoms with van der Waals surface area (Å²) in [6.45, 7) is 1.99. The number of nitrogens with zero attached hydrogens (tertiary/aromatic N) is 1. The summed E-state index contributed by atoms with van der Waals surface area (Å²) in [6.07, 6.45) is 4.10. The van der Waals surface area contributed by atoms with Gasteiger partial charge in [-0.3, -0.25) is 9.78 Å². The molecule has 0 saturated carbocycles. The Morgan fingerprint density at radius 1 is 1.38 bits per heavy atom. The molecule has 1 aliphatic rings. The quantitative estimate of drug-likeness (QED) is 0.905. The first-order chi connectivity index (χ1) is 10.2. The van der Waals surface area contributed by atoms with Crippen LogP contribution >= 0.6 is 0 Å². The van der Waals surface area contributed by atoms with E-state index in [1.807, 2.05) is 31.2 Å². The second-order valence-corrected chi connectivity index (χ2v) is 5.31. The number of benzene rings is 1. The van der Waals surface area contributed by atoms with E-state index in [9.17, 15) is 9.90 Å². The second kappa shape index (κ2) is 5.66. The average molecular weight is 282 g/mol. The molecule has 21 heavy (non-hydrogen) atoms. The van der Waals surface area contributed by atoms with E-state index in [2.05, 4.69) is 10.3 Å². The van der Waals surface area contributed by atoms with Crippen LogP contribution in [0, 0.1) is 0 Å². The molecule has 108 valence electrons. The summed E-state index contributed by atoms with van der Waals surface area (Å²) in [4.78, 5) is 16.5. The van der Waals surface area contributed by atoms with Crippen LogP contribution in [0.2, 0.25) is 0 Å². The number of hydrogen-bond acceptors (Lipinski definition) is 3. The lowest BCUT2D eigenvalue weighted by molar-refractivity contribution is 0.0857. The summed E-state index contributed by atoms with van der Waals surface area (Å²) in [5.74, 6) is -0.157. The fourth-order valence-electron chi connectivity index (χ4n) is 2.90. The zero-order valence-electron chi connectivity index (χ0n) is 11.9. The van der Waals surface area contributed by atoms with Crippen LogP contribution in [0.4, 0.5) is 0 Å². The van der Waals surface area contributed by atoms with Gasteiger partial charge in [0.2, 0.25) is 0 Å². The van der Waals surface area contributed by atoms with E-state index >= 15 is 0 Å². The van der Waals surface area contributed by atoms with E-state index < -0.39 is 6.10 Å². The summed E-state index contributed by atoms with van der Waals surface area (Å²) < 4.78 is 0. The molecular formula is C17H18N2O2. The van der Waals surface area contributed by atoms with Crippen molar-refractivity contribution in [1.82, 2.24) is 10.3 Å². The van der Waals surface area contributed by atoms with Gasteiger partial charge in [-0.05, 0) is 29.2 Å². The Kier molecular flexibility index (Phi) is 3.71. The summed E-state index contributed by atoms with van der Waals surface area (Å²) in [6, 6.07) is 9.22. The highest BCUT2D eigenvalue weighted by atomic mass is 16.3. The summed E-state index contributed by atoms with van der Waals surface area (Å²) in [5, 5.41) is 13.2. The third kappa shape index (κ3) is 2.54. The van der Waals surface area contributed by atoms with Crippen molar-refractivity contribution in [2.45, 2.75) is 31.9 Å². The maximum Gasteiger partial charge on any atom is 0.252 e. The molecule has 0 unspecified atom stereocenters. The Balaban J connectivity index is 1.85. The van der Waals surface area contributed by atoms with Crippen molar-refractivity contribution in [3.63, 3.8) is 0 Å². The van der Waals surface area contributed by atoms with E-state index in [1.165, 1.54) is 0 Å². The number of aryl methyl sites for hydroxylation is 1. The van der Waals surface area contributed by atoms with Gasteiger partial charge in [-0.1, -0.05) is 31.2 Å². The zero-order valence-corrected chi connectivity index (χ0v) is 11.9. The predicted molar refractivity (Wildman–Crippen MR) is 80.0 cm³/mol. The molecule has 0 saturated heterocycles. The number of aliphatic hydroxyl groups is 1. The monoisotopic (exact) mass is 282 g/mol. The molecule has 2 aromatic rings. The number of nitrogens with one attached hydrogen (secondary N) is 1. The molecule has 0 radical (unpaired) electrons. The minimum atomic E-state index is -0.571. The summed E-state index contributed by atoms with van der Waals surface area (Å²) in [5.41, 5.74) is 3.64. The maximum atomic E-state index is 12.5. The van der Waals surface area contributed by atoms with Gasteiger partial charge in [0.1, 0.15) is 0 Å². The molecule has 4 nitrogen and oxygen atoms in total. The molecule has 3 rings (SSSR count). The molecule has 0 bridgehead atoms. The minimum Gasteiger partial charge on any atom is -0.390 e. The van der Waals surface area contributed by atoms with E-state index in [1.54, 1.807) is 18.5 Å². The topological polar surface area (TPSA) is 62.2 Å². The molecule has 2 atom stereocenters. The van der Waals surface area contributed by atoms with Crippen LogP contribution in [0.3, 0.4) is 0 Å². The van der Waals surface area contributed by atoms with Crippen molar-refractivity contribution < 1.29 is 9.90 Å². The number of carbonyl (C=O) groups is 1. The van der Waals surface area contributed by atoms with Crippen molar-refractivity contribution in [3.8, 4) is 0 Å². The fraction of sp³-hybridized carbons (Fsp3) is 0.294. The molecule has 0 aliphatic heterocycles. The number of hydrogen-bond donors (Lipinski definition) is 2. The number of carbonyl (C=O) groups excluding carboxylic acids is 1. The molecule has 4 heteroatoms. The first-order valence-electron chi connectivity index (χ1n) is 7.20. The van der Waals surface area contributed by atoms with Crippen LogP contribution in [0.15, 0.2) is 42.7 Å². The Morgan fingerprint density at radius 3 is 3.00 bits per heavy atom. The standard InChI is InChI=1S/C17H18N2O2/c1-2-11-10-18-8-7-14(11)17(21)19-16-13-6-4-3-5-12(13)9-15(16)20/h3-8,10,15-16,20H,2,9H2,1H3,(H,19,21)/t15-,16-/m1/s1. The Labute approximate surface area is 123 Å². The van der Waals surface area contributed by atoms with Gasteiger partial charge in [0.15, 0.2) is 0 Å². The van der Waals surface area contributed by atoms with Crippen molar-refractivity contribution in [2.75, 3.05) is 0 Å². The Hall–Kier alpha value is -2.20. The highest BCUT2D eigenvalue weighted by Crippen LogP contribution is 2.31. The molecule has 0 spiro atoms. The van der Waals surface area contributed by atoms with E-state index in [4.69, 9.17) is 0 Å². The fourth-order valence-corrected chi connectivity index (χ4v) is 2.90. The highest BCUT2D eigenvalue weighted by Gasteiger charge is 2.32. The number of amides is 1. The van der Waals surface area contributed by atoms with Crippen molar-refractivity contribution in [3.05, 3.63) is 65.0 Å². The largest absolute Gasteiger partial charge is 0.390 e. The summed E-state index contributed by atoms with van der Waals surface area (Å²) in [7, 11) is 0. The van der Waals surface area contributed by atoms with Crippen LogP contribution < -0.4 is 5.32 Å². The highest BCUT2D eigenvalue weighted by molar-refractivity contribution is 5.95. The molecule has 1 heterocycles. The Bertz CT molecular complexity index is 669. The van der Waals surface area contributed by atoms with Gasteiger partial charge < -0.3 is 10.4 Å². The maximum absolute atomic E-state index is 12.5. The Morgan fingerprint density at radius 2 is 2.19 bits per heavy atom. The third-order valence-electron chi connectivity index (χ3n) is 4.02. The SMILES string of the molecule is CCc1cnccc1C(=O)N[C@@H]1c2ccccc2C[C@H]1O. The smallest absolute Gasteiger partial charge is 0.252 e. The number of aliphatic hydroxyl groups excluding tert-OH is 1. The molecule has 0 fully saturated rings. The first-order valence-corrected chi connectivity index (χ1v) is 7.20. The second-order valence-electron chi connectivity index (χ2n) is 5.31. The zero-order chi connectivity index (χ0) is 14.8. The van der Waals surface area contributed by atoms with E-state index in [-0.39, 0.29) is 11.9 Å². The van der Waals surface area contributed by atoms with Crippen LogP contribution in [0.1, 0.15) is 40.0 Å². The van der Waals surface area contributed by atoms with Crippen LogP contribution in [-0.4, -0.2) is 22.1 Å². The number of rotatable bonds is 3. The lowest BCUT2D eigenvalue weighted by atomic mass is 10.0. The van der Waals surface area contributed by atoms with Crippen LogP contribution in [0.25, 0.3) is 0 Å². The molecule has 1 amide bonds. The normalized spacial score (nSPS) is 20.1. The number of aromatic nitrogens is 1. The molecule has 2 N–H and O–H groups in total.